The van der Waals surface area contributed by atoms with Crippen LogP contribution in [0.2, 0.25) is 0 Å². The van der Waals surface area contributed by atoms with E-state index in [2.05, 4.69) is 0 Å². The topological polar surface area (TPSA) is 46.3 Å². The maximum atomic E-state index is 11.5. The Bertz CT molecular complexity index is 200. The van der Waals surface area contributed by atoms with Crippen molar-refractivity contribution in [2.45, 2.75) is 18.1 Å². The lowest BCUT2D eigenvalue weighted by Gasteiger charge is -2.38. The van der Waals surface area contributed by atoms with Gasteiger partial charge >= 0.3 is 0 Å². The first kappa shape index (κ1) is 9.34. The molecule has 1 heterocycles. The van der Waals surface area contributed by atoms with Crippen molar-refractivity contribution in [3.63, 3.8) is 0 Å². The smallest absolute Gasteiger partial charge is 0.232 e. The van der Waals surface area contributed by atoms with Gasteiger partial charge in [-0.25, -0.2) is 0 Å². The van der Waals surface area contributed by atoms with Gasteiger partial charge in [-0.05, 0) is 19.4 Å². The van der Waals surface area contributed by atoms with Gasteiger partial charge in [0.25, 0.3) is 0 Å². The molecule has 0 spiro atoms. The zero-order valence-electron chi connectivity index (χ0n) is 7.74. The van der Waals surface area contributed by atoms with Gasteiger partial charge in [-0.3, -0.25) is 4.79 Å². The fourth-order valence-corrected chi connectivity index (χ4v) is 2.47. The summed E-state index contributed by atoms with van der Waals surface area (Å²) in [4.78, 5) is 13.4. The van der Waals surface area contributed by atoms with Gasteiger partial charge in [0.1, 0.15) is 0 Å². The second-order valence-electron chi connectivity index (χ2n) is 3.91. The number of thioether (sulfide) groups is 1. The summed E-state index contributed by atoms with van der Waals surface area (Å²) in [6.45, 7) is 2.50. The van der Waals surface area contributed by atoms with Crippen LogP contribution in [-0.4, -0.2) is 41.4 Å². The van der Waals surface area contributed by atoms with Gasteiger partial charge in [0.15, 0.2) is 0 Å². The molecule has 0 unspecified atom stereocenters. The standard InChI is InChI=1S/C9H16N2OS/c10-3-7-4-11(5-7)9(12)6-13-8-1-2-8/h7-8H,1-6,10H2. The molecule has 0 bridgehead atoms. The van der Waals surface area contributed by atoms with Crippen LogP contribution in [0.5, 0.6) is 0 Å². The summed E-state index contributed by atoms with van der Waals surface area (Å²) in [6.07, 6.45) is 2.62. The molecule has 1 aliphatic carbocycles. The fourth-order valence-electron chi connectivity index (χ4n) is 1.44. The molecule has 3 nitrogen and oxygen atoms in total. The first-order valence-electron chi connectivity index (χ1n) is 4.89. The number of carbonyl (C=O) groups is 1. The Morgan fingerprint density at radius 3 is 2.69 bits per heavy atom. The van der Waals surface area contributed by atoms with E-state index in [1.54, 1.807) is 0 Å². The molecule has 0 aromatic carbocycles. The summed E-state index contributed by atoms with van der Waals surface area (Å²) in [7, 11) is 0. The Morgan fingerprint density at radius 2 is 2.15 bits per heavy atom. The highest BCUT2D eigenvalue weighted by Crippen LogP contribution is 2.34. The fraction of sp³-hybridized carbons (Fsp3) is 0.889. The van der Waals surface area contributed by atoms with Crippen molar-refractivity contribution in [1.82, 2.24) is 4.90 Å². The van der Waals surface area contributed by atoms with Gasteiger partial charge in [-0.2, -0.15) is 0 Å². The van der Waals surface area contributed by atoms with Crippen LogP contribution in [0, 0.1) is 5.92 Å². The number of nitrogens with zero attached hydrogens (tertiary/aromatic N) is 1. The Hall–Kier alpha value is -0.220. The van der Waals surface area contributed by atoms with Crippen LogP contribution in [0.15, 0.2) is 0 Å². The predicted octanol–water partition coefficient (Wildman–Crippen LogP) is 0.299. The van der Waals surface area contributed by atoms with Crippen molar-refractivity contribution in [2.24, 2.45) is 11.7 Å². The van der Waals surface area contributed by atoms with Crippen LogP contribution in [0.3, 0.4) is 0 Å². The third kappa shape index (κ3) is 2.38. The number of rotatable bonds is 4. The van der Waals surface area contributed by atoms with Gasteiger partial charge in [-0.1, -0.05) is 0 Å². The zero-order valence-corrected chi connectivity index (χ0v) is 8.55. The number of hydrogen-bond acceptors (Lipinski definition) is 3. The van der Waals surface area contributed by atoms with E-state index in [4.69, 9.17) is 5.73 Å². The summed E-state index contributed by atoms with van der Waals surface area (Å²) in [6, 6.07) is 0. The normalized spacial score (nSPS) is 23.0. The van der Waals surface area contributed by atoms with E-state index in [9.17, 15) is 4.79 Å². The van der Waals surface area contributed by atoms with Crippen molar-refractivity contribution in [3.05, 3.63) is 0 Å². The molecule has 1 saturated carbocycles. The van der Waals surface area contributed by atoms with E-state index in [0.29, 0.717) is 17.6 Å². The molecule has 2 rings (SSSR count). The summed E-state index contributed by atoms with van der Waals surface area (Å²) < 4.78 is 0. The molecule has 1 aliphatic heterocycles. The molecule has 1 amide bonds. The summed E-state index contributed by atoms with van der Waals surface area (Å²) in [5.74, 6) is 1.55. The third-order valence-electron chi connectivity index (χ3n) is 2.61. The molecule has 0 aromatic heterocycles. The minimum atomic E-state index is 0.307. The van der Waals surface area contributed by atoms with E-state index in [1.807, 2.05) is 16.7 Å². The maximum Gasteiger partial charge on any atom is 0.232 e. The molecular formula is C9H16N2OS. The van der Waals surface area contributed by atoms with E-state index in [-0.39, 0.29) is 0 Å². The number of likely N-dealkylation sites (tertiary alicyclic amines) is 1. The van der Waals surface area contributed by atoms with E-state index >= 15 is 0 Å². The van der Waals surface area contributed by atoms with E-state index in [0.717, 1.165) is 24.9 Å². The van der Waals surface area contributed by atoms with E-state index in [1.165, 1.54) is 12.8 Å². The quantitative estimate of drug-likeness (QED) is 0.710. The van der Waals surface area contributed by atoms with E-state index < -0.39 is 0 Å². The van der Waals surface area contributed by atoms with Gasteiger partial charge in [-0.15, -0.1) is 11.8 Å². The molecule has 4 heteroatoms. The average molecular weight is 200 g/mol. The van der Waals surface area contributed by atoms with Gasteiger partial charge < -0.3 is 10.6 Å². The maximum absolute atomic E-state index is 11.5. The molecule has 0 aromatic rings. The minimum Gasteiger partial charge on any atom is -0.341 e. The van der Waals surface area contributed by atoms with Crippen LogP contribution in [0.25, 0.3) is 0 Å². The van der Waals surface area contributed by atoms with Crippen molar-refractivity contribution in [2.75, 3.05) is 25.4 Å². The highest BCUT2D eigenvalue weighted by molar-refractivity contribution is 8.00. The van der Waals surface area contributed by atoms with Crippen molar-refractivity contribution >= 4 is 17.7 Å². The number of amides is 1. The van der Waals surface area contributed by atoms with Crippen molar-refractivity contribution in [1.29, 1.82) is 0 Å². The Morgan fingerprint density at radius 1 is 1.46 bits per heavy atom. The SMILES string of the molecule is NCC1CN(C(=O)CSC2CC2)C1. The summed E-state index contributed by atoms with van der Waals surface area (Å²) in [5, 5.41) is 0.788. The molecule has 74 valence electrons. The Kier molecular flexibility index (Phi) is 2.79. The average Bonchev–Trinajstić information content (AvgIpc) is 2.81. The number of carbonyl (C=O) groups excluding carboxylic acids is 1. The lowest BCUT2D eigenvalue weighted by Crippen LogP contribution is -2.53. The van der Waals surface area contributed by atoms with Gasteiger partial charge in [0.05, 0.1) is 5.75 Å². The molecule has 1 saturated heterocycles. The second kappa shape index (κ2) is 3.88. The second-order valence-corrected chi connectivity index (χ2v) is 5.20. The Balaban J connectivity index is 1.61. The zero-order chi connectivity index (χ0) is 9.26. The van der Waals surface area contributed by atoms with Gasteiger partial charge in [0, 0.05) is 24.3 Å². The van der Waals surface area contributed by atoms with Crippen LogP contribution in [-0.2, 0) is 4.79 Å². The highest BCUT2D eigenvalue weighted by Gasteiger charge is 2.30. The lowest BCUT2D eigenvalue weighted by atomic mass is 10.0. The van der Waals surface area contributed by atoms with Crippen molar-refractivity contribution in [3.8, 4) is 0 Å². The van der Waals surface area contributed by atoms with Gasteiger partial charge in [0.2, 0.25) is 5.91 Å². The lowest BCUT2D eigenvalue weighted by molar-refractivity contribution is -0.134. The Labute approximate surface area is 83.0 Å². The largest absolute Gasteiger partial charge is 0.341 e. The predicted molar refractivity (Wildman–Crippen MR) is 54.6 cm³/mol. The molecule has 0 radical (unpaired) electrons. The summed E-state index contributed by atoms with van der Waals surface area (Å²) in [5.41, 5.74) is 5.49. The molecule has 2 N–H and O–H groups in total. The van der Waals surface area contributed by atoms with Crippen molar-refractivity contribution < 1.29 is 4.79 Å². The third-order valence-corrected chi connectivity index (χ3v) is 3.97. The molecule has 0 atom stereocenters. The minimum absolute atomic E-state index is 0.307. The van der Waals surface area contributed by atoms with Crippen LogP contribution < -0.4 is 5.73 Å². The number of nitrogens with two attached hydrogens (primary N) is 1. The highest BCUT2D eigenvalue weighted by atomic mass is 32.2. The first-order valence-corrected chi connectivity index (χ1v) is 5.94. The van der Waals surface area contributed by atoms with Crippen LogP contribution in [0.4, 0.5) is 0 Å². The first-order chi connectivity index (χ1) is 6.29. The molecular weight excluding hydrogens is 184 g/mol. The summed E-state index contributed by atoms with van der Waals surface area (Å²) >= 11 is 1.81. The molecule has 2 aliphatic rings. The molecule has 2 fully saturated rings. The van der Waals surface area contributed by atoms with Crippen LogP contribution in [0.1, 0.15) is 12.8 Å². The monoisotopic (exact) mass is 200 g/mol. The number of hydrogen-bond donors (Lipinski definition) is 1. The molecule has 13 heavy (non-hydrogen) atoms. The van der Waals surface area contributed by atoms with Crippen LogP contribution >= 0.6 is 11.8 Å².